The van der Waals surface area contributed by atoms with E-state index in [0.717, 1.165) is 18.4 Å². The maximum absolute atomic E-state index is 6.14. The molecule has 1 aliphatic carbocycles. The molecule has 0 bridgehead atoms. The minimum atomic E-state index is 0.184. The van der Waals surface area contributed by atoms with Crippen molar-refractivity contribution in [3.63, 3.8) is 0 Å². The number of hydrogen-bond donors (Lipinski definition) is 1. The van der Waals surface area contributed by atoms with Gasteiger partial charge in [0, 0.05) is 18.0 Å². The van der Waals surface area contributed by atoms with Gasteiger partial charge in [0.1, 0.15) is 0 Å². The Labute approximate surface area is 96.1 Å². The lowest BCUT2D eigenvalue weighted by Gasteiger charge is -2.20. The van der Waals surface area contributed by atoms with Gasteiger partial charge in [-0.3, -0.25) is 0 Å². The van der Waals surface area contributed by atoms with E-state index in [1.807, 2.05) is 0 Å². The number of hydrogen-bond acceptors (Lipinski definition) is 3. The van der Waals surface area contributed by atoms with Gasteiger partial charge in [-0.05, 0) is 36.8 Å². The van der Waals surface area contributed by atoms with Gasteiger partial charge in [-0.2, -0.15) is 0 Å². The van der Waals surface area contributed by atoms with Crippen LogP contribution in [0, 0.1) is 11.8 Å². The summed E-state index contributed by atoms with van der Waals surface area (Å²) in [7, 11) is 2.18. The van der Waals surface area contributed by atoms with Crippen LogP contribution in [0.4, 0.5) is 0 Å². The van der Waals surface area contributed by atoms with Crippen molar-refractivity contribution in [1.82, 2.24) is 4.90 Å². The summed E-state index contributed by atoms with van der Waals surface area (Å²) in [4.78, 5) is 3.67. The largest absolute Gasteiger partial charge is 0.322 e. The topological polar surface area (TPSA) is 29.3 Å². The van der Waals surface area contributed by atoms with Crippen molar-refractivity contribution in [3.05, 3.63) is 22.4 Å². The lowest BCUT2D eigenvalue weighted by atomic mass is 10.2. The van der Waals surface area contributed by atoms with Crippen LogP contribution in [0.25, 0.3) is 0 Å². The molecule has 1 aromatic rings. The molecular weight excluding hydrogens is 204 g/mol. The van der Waals surface area contributed by atoms with E-state index in [1.165, 1.54) is 17.8 Å². The molecule has 0 spiro atoms. The third kappa shape index (κ3) is 3.03. The first-order valence-electron chi connectivity index (χ1n) is 5.64. The van der Waals surface area contributed by atoms with Crippen LogP contribution in [-0.4, -0.2) is 25.0 Å². The highest BCUT2D eigenvalue weighted by molar-refractivity contribution is 7.10. The molecule has 0 amide bonds. The molecule has 3 heteroatoms. The number of nitrogens with zero attached hydrogens (tertiary/aromatic N) is 1. The van der Waals surface area contributed by atoms with Crippen LogP contribution in [0.2, 0.25) is 0 Å². The van der Waals surface area contributed by atoms with Gasteiger partial charge in [0.05, 0.1) is 6.04 Å². The molecule has 3 unspecified atom stereocenters. The van der Waals surface area contributed by atoms with Crippen molar-refractivity contribution in [2.75, 3.05) is 20.1 Å². The zero-order chi connectivity index (χ0) is 10.8. The second kappa shape index (κ2) is 4.64. The second-order valence-corrected chi connectivity index (χ2v) is 5.80. The van der Waals surface area contributed by atoms with Gasteiger partial charge in [-0.1, -0.05) is 13.0 Å². The van der Waals surface area contributed by atoms with Gasteiger partial charge in [0.25, 0.3) is 0 Å². The highest BCUT2D eigenvalue weighted by Crippen LogP contribution is 2.38. The van der Waals surface area contributed by atoms with Crippen molar-refractivity contribution in [1.29, 1.82) is 0 Å². The second-order valence-electron chi connectivity index (χ2n) is 4.82. The fourth-order valence-electron chi connectivity index (χ4n) is 2.06. The maximum Gasteiger partial charge on any atom is 0.0518 e. The average molecular weight is 224 g/mol. The van der Waals surface area contributed by atoms with Crippen LogP contribution in [0.5, 0.6) is 0 Å². The molecule has 0 saturated heterocycles. The van der Waals surface area contributed by atoms with Gasteiger partial charge in [0.2, 0.25) is 0 Å². The normalized spacial score (nSPS) is 26.9. The molecule has 0 aliphatic heterocycles. The zero-order valence-electron chi connectivity index (χ0n) is 9.52. The Morgan fingerprint density at radius 1 is 1.67 bits per heavy atom. The Morgan fingerprint density at radius 3 is 2.93 bits per heavy atom. The van der Waals surface area contributed by atoms with Gasteiger partial charge in [0.15, 0.2) is 0 Å². The number of thiophene rings is 1. The van der Waals surface area contributed by atoms with E-state index in [-0.39, 0.29) is 6.04 Å². The molecular formula is C12H20N2S. The van der Waals surface area contributed by atoms with Crippen LogP contribution in [-0.2, 0) is 0 Å². The van der Waals surface area contributed by atoms with E-state index < -0.39 is 0 Å². The zero-order valence-corrected chi connectivity index (χ0v) is 10.3. The standard InChI is InChI=1S/C12H20N2S/c1-9-6-10(9)7-14(2)8-11(13)12-4-3-5-15-12/h3-5,9-11H,6-8,13H2,1-2H3. The molecule has 3 atom stereocenters. The summed E-state index contributed by atoms with van der Waals surface area (Å²) in [6.45, 7) is 4.52. The summed E-state index contributed by atoms with van der Waals surface area (Å²) in [5, 5.41) is 2.10. The highest BCUT2D eigenvalue weighted by Gasteiger charge is 2.33. The van der Waals surface area contributed by atoms with E-state index in [0.29, 0.717) is 0 Å². The summed E-state index contributed by atoms with van der Waals surface area (Å²) < 4.78 is 0. The molecule has 0 aromatic carbocycles. The first-order chi connectivity index (χ1) is 7.16. The molecule has 2 nitrogen and oxygen atoms in total. The Balaban J connectivity index is 1.76. The number of rotatable bonds is 5. The fraction of sp³-hybridized carbons (Fsp3) is 0.667. The lowest BCUT2D eigenvalue weighted by Crippen LogP contribution is -2.30. The molecule has 2 rings (SSSR count). The molecule has 0 radical (unpaired) electrons. The minimum Gasteiger partial charge on any atom is -0.322 e. The predicted octanol–water partition coefficient (Wildman–Crippen LogP) is 2.34. The molecule has 1 saturated carbocycles. The van der Waals surface area contributed by atoms with E-state index in [2.05, 4.69) is 36.4 Å². The molecule has 1 heterocycles. The minimum absolute atomic E-state index is 0.184. The quantitative estimate of drug-likeness (QED) is 0.832. The smallest absolute Gasteiger partial charge is 0.0518 e. The number of nitrogens with two attached hydrogens (primary N) is 1. The number of likely N-dealkylation sites (N-methyl/N-ethyl adjacent to an activating group) is 1. The summed E-state index contributed by atoms with van der Waals surface area (Å²) in [5.41, 5.74) is 6.14. The Bertz CT molecular complexity index is 297. The van der Waals surface area contributed by atoms with Gasteiger partial charge >= 0.3 is 0 Å². The van der Waals surface area contributed by atoms with Crippen LogP contribution in [0.3, 0.4) is 0 Å². The third-order valence-electron chi connectivity index (χ3n) is 3.24. The van der Waals surface area contributed by atoms with Crippen molar-refractivity contribution < 1.29 is 0 Å². The van der Waals surface area contributed by atoms with E-state index in [4.69, 9.17) is 5.73 Å². The van der Waals surface area contributed by atoms with Gasteiger partial charge < -0.3 is 10.6 Å². The Kier molecular flexibility index (Phi) is 3.44. The Morgan fingerprint density at radius 2 is 2.40 bits per heavy atom. The average Bonchev–Trinajstić information content (AvgIpc) is 2.73. The van der Waals surface area contributed by atoms with Crippen LogP contribution >= 0.6 is 11.3 Å². The van der Waals surface area contributed by atoms with E-state index in [9.17, 15) is 0 Å². The fourth-order valence-corrected chi connectivity index (χ4v) is 2.78. The van der Waals surface area contributed by atoms with Gasteiger partial charge in [-0.15, -0.1) is 11.3 Å². The molecule has 1 aliphatic rings. The van der Waals surface area contributed by atoms with E-state index >= 15 is 0 Å². The lowest BCUT2D eigenvalue weighted by molar-refractivity contribution is 0.297. The predicted molar refractivity (Wildman–Crippen MR) is 66.0 cm³/mol. The molecule has 15 heavy (non-hydrogen) atoms. The molecule has 84 valence electrons. The molecule has 1 aromatic heterocycles. The maximum atomic E-state index is 6.14. The summed E-state index contributed by atoms with van der Waals surface area (Å²) in [6, 6.07) is 4.38. The third-order valence-corrected chi connectivity index (χ3v) is 4.24. The summed E-state index contributed by atoms with van der Waals surface area (Å²) in [6.07, 6.45) is 1.40. The van der Waals surface area contributed by atoms with Crippen LogP contribution < -0.4 is 5.73 Å². The molecule has 1 fully saturated rings. The van der Waals surface area contributed by atoms with Crippen molar-refractivity contribution >= 4 is 11.3 Å². The SMILES string of the molecule is CC1CC1CN(C)CC(N)c1cccs1. The first-order valence-corrected chi connectivity index (χ1v) is 6.52. The first kappa shape index (κ1) is 11.1. The summed E-state index contributed by atoms with van der Waals surface area (Å²) in [5.74, 6) is 1.86. The van der Waals surface area contributed by atoms with E-state index in [1.54, 1.807) is 11.3 Å². The van der Waals surface area contributed by atoms with Crippen molar-refractivity contribution in [3.8, 4) is 0 Å². The highest BCUT2D eigenvalue weighted by atomic mass is 32.1. The van der Waals surface area contributed by atoms with Crippen LogP contribution in [0.15, 0.2) is 17.5 Å². The van der Waals surface area contributed by atoms with Crippen LogP contribution in [0.1, 0.15) is 24.3 Å². The monoisotopic (exact) mass is 224 g/mol. The Hall–Kier alpha value is -0.380. The van der Waals surface area contributed by atoms with Crippen molar-refractivity contribution in [2.24, 2.45) is 17.6 Å². The molecule has 2 N–H and O–H groups in total. The van der Waals surface area contributed by atoms with Gasteiger partial charge in [-0.25, -0.2) is 0 Å². The summed E-state index contributed by atoms with van der Waals surface area (Å²) >= 11 is 1.76. The van der Waals surface area contributed by atoms with Crippen molar-refractivity contribution in [2.45, 2.75) is 19.4 Å².